The third-order valence-corrected chi connectivity index (χ3v) is 6.42. The highest BCUT2D eigenvalue weighted by Crippen LogP contribution is 2.26. The van der Waals surface area contributed by atoms with Crippen LogP contribution in [0.4, 0.5) is 5.82 Å². The van der Waals surface area contributed by atoms with Crippen molar-refractivity contribution in [1.82, 2.24) is 25.1 Å². The van der Waals surface area contributed by atoms with Crippen molar-refractivity contribution in [3.8, 4) is 5.82 Å². The highest BCUT2D eigenvalue weighted by molar-refractivity contribution is 5.80. The molecule has 1 amide bonds. The van der Waals surface area contributed by atoms with E-state index in [1.54, 1.807) is 6.33 Å². The molecule has 4 rings (SSSR count). The minimum atomic E-state index is 0.0185. The molecule has 1 aliphatic heterocycles. The van der Waals surface area contributed by atoms with Crippen LogP contribution < -0.4 is 10.2 Å². The van der Waals surface area contributed by atoms with E-state index in [1.165, 1.54) is 19.3 Å². The Morgan fingerprint density at radius 2 is 1.86 bits per heavy atom. The first-order chi connectivity index (χ1) is 14.0. The summed E-state index contributed by atoms with van der Waals surface area (Å²) < 4.78 is 1.85. The summed E-state index contributed by atoms with van der Waals surface area (Å²) >= 11 is 0. The number of carbonyl (C=O) groups is 1. The molecule has 0 aromatic carbocycles. The van der Waals surface area contributed by atoms with Gasteiger partial charge in [0.15, 0.2) is 5.82 Å². The van der Waals surface area contributed by atoms with Gasteiger partial charge in [0, 0.05) is 30.9 Å². The molecule has 3 atom stereocenters. The molecule has 0 radical (unpaired) electrons. The van der Waals surface area contributed by atoms with Crippen LogP contribution >= 0.6 is 0 Å². The van der Waals surface area contributed by atoms with Crippen LogP contribution in [0.1, 0.15) is 56.8 Å². The van der Waals surface area contributed by atoms with Gasteiger partial charge in [-0.2, -0.15) is 5.10 Å². The zero-order chi connectivity index (χ0) is 20.4. The maximum absolute atomic E-state index is 12.9. The molecule has 7 heteroatoms. The van der Waals surface area contributed by atoms with E-state index in [4.69, 9.17) is 0 Å². The lowest BCUT2D eigenvalue weighted by Gasteiger charge is -2.35. The largest absolute Gasteiger partial charge is 0.356 e. The monoisotopic (exact) mass is 396 g/mol. The molecule has 3 unspecified atom stereocenters. The van der Waals surface area contributed by atoms with E-state index in [9.17, 15) is 4.79 Å². The zero-order valence-electron chi connectivity index (χ0n) is 17.8. The van der Waals surface area contributed by atoms with Crippen LogP contribution in [0, 0.1) is 25.7 Å². The van der Waals surface area contributed by atoms with Gasteiger partial charge in [0.1, 0.15) is 12.1 Å². The van der Waals surface area contributed by atoms with Crippen molar-refractivity contribution in [2.24, 2.45) is 11.8 Å². The van der Waals surface area contributed by atoms with Gasteiger partial charge in [0.2, 0.25) is 5.91 Å². The van der Waals surface area contributed by atoms with Crippen molar-refractivity contribution < 1.29 is 4.79 Å². The molecule has 1 saturated heterocycles. The molecule has 0 spiro atoms. The highest BCUT2D eigenvalue weighted by atomic mass is 16.2. The topological polar surface area (TPSA) is 75.9 Å². The number of nitrogens with zero attached hydrogens (tertiary/aromatic N) is 5. The molecule has 1 aliphatic carbocycles. The highest BCUT2D eigenvalue weighted by Gasteiger charge is 2.30. The third kappa shape index (κ3) is 4.43. The van der Waals surface area contributed by atoms with Gasteiger partial charge >= 0.3 is 0 Å². The van der Waals surface area contributed by atoms with Crippen molar-refractivity contribution in [2.45, 2.75) is 65.3 Å². The summed E-state index contributed by atoms with van der Waals surface area (Å²) in [6, 6.07) is 4.35. The Hall–Kier alpha value is -2.44. The van der Waals surface area contributed by atoms with E-state index in [0.717, 1.165) is 48.8 Å². The molecule has 0 bridgehead atoms. The van der Waals surface area contributed by atoms with Gasteiger partial charge in [-0.15, -0.1) is 0 Å². The predicted molar refractivity (Wildman–Crippen MR) is 113 cm³/mol. The van der Waals surface area contributed by atoms with E-state index in [2.05, 4.69) is 32.2 Å². The van der Waals surface area contributed by atoms with Crippen molar-refractivity contribution in [3.05, 3.63) is 29.8 Å². The van der Waals surface area contributed by atoms with Crippen LogP contribution in [-0.2, 0) is 4.79 Å². The van der Waals surface area contributed by atoms with Crippen LogP contribution in [0.2, 0.25) is 0 Å². The van der Waals surface area contributed by atoms with Crippen molar-refractivity contribution in [3.63, 3.8) is 0 Å². The maximum Gasteiger partial charge on any atom is 0.225 e. The molecule has 3 heterocycles. The van der Waals surface area contributed by atoms with Gasteiger partial charge in [-0.25, -0.2) is 14.6 Å². The Labute approximate surface area is 172 Å². The molecule has 156 valence electrons. The van der Waals surface area contributed by atoms with E-state index >= 15 is 0 Å². The second-order valence-corrected chi connectivity index (χ2v) is 8.74. The summed E-state index contributed by atoms with van der Waals surface area (Å²) in [5.74, 6) is 2.44. The Balaban J connectivity index is 1.45. The SMILES string of the molecule is Cc1cc(C)n(-c2cc(N3CCCC(C(=O)NC4CCCCC4C)C3)ncn2)n1. The van der Waals surface area contributed by atoms with Gasteiger partial charge in [-0.1, -0.05) is 19.8 Å². The molecule has 2 fully saturated rings. The van der Waals surface area contributed by atoms with Crippen molar-refractivity contribution >= 4 is 11.7 Å². The van der Waals surface area contributed by atoms with Crippen LogP contribution in [-0.4, -0.2) is 44.8 Å². The average Bonchev–Trinajstić information content (AvgIpc) is 3.08. The summed E-state index contributed by atoms with van der Waals surface area (Å²) in [4.78, 5) is 24.0. The lowest BCUT2D eigenvalue weighted by atomic mass is 9.85. The first-order valence-electron chi connectivity index (χ1n) is 10.9. The summed E-state index contributed by atoms with van der Waals surface area (Å²) in [5, 5.41) is 7.87. The Morgan fingerprint density at radius 1 is 1.07 bits per heavy atom. The fourth-order valence-corrected chi connectivity index (χ4v) is 4.72. The van der Waals surface area contributed by atoms with Crippen molar-refractivity contribution in [2.75, 3.05) is 18.0 Å². The Morgan fingerprint density at radius 3 is 2.62 bits per heavy atom. The van der Waals surface area contributed by atoms with Gasteiger partial charge in [0.25, 0.3) is 0 Å². The predicted octanol–water partition coefficient (Wildman–Crippen LogP) is 3.19. The van der Waals surface area contributed by atoms with Crippen LogP contribution in [0.15, 0.2) is 18.5 Å². The van der Waals surface area contributed by atoms with Gasteiger partial charge < -0.3 is 10.2 Å². The fourth-order valence-electron chi connectivity index (χ4n) is 4.72. The molecule has 29 heavy (non-hydrogen) atoms. The molecule has 1 saturated carbocycles. The lowest BCUT2D eigenvalue weighted by Crippen LogP contribution is -2.48. The first-order valence-corrected chi connectivity index (χ1v) is 10.9. The van der Waals surface area contributed by atoms with Crippen LogP contribution in [0.5, 0.6) is 0 Å². The van der Waals surface area contributed by atoms with E-state index in [1.807, 2.05) is 30.7 Å². The number of piperidine rings is 1. The summed E-state index contributed by atoms with van der Waals surface area (Å²) in [6.45, 7) is 7.89. The zero-order valence-corrected chi connectivity index (χ0v) is 17.8. The number of anilines is 1. The molecule has 1 N–H and O–H groups in total. The summed E-state index contributed by atoms with van der Waals surface area (Å²) in [7, 11) is 0. The summed E-state index contributed by atoms with van der Waals surface area (Å²) in [6.07, 6.45) is 8.38. The smallest absolute Gasteiger partial charge is 0.225 e. The standard InChI is InChI=1S/C22H32N6O/c1-15-7-4-5-9-19(15)25-22(29)18-8-6-10-27(13-18)20-12-21(24-14-23-20)28-17(3)11-16(2)26-28/h11-12,14-15,18-19H,4-10,13H2,1-3H3,(H,25,29). The molecule has 2 aromatic heterocycles. The minimum Gasteiger partial charge on any atom is -0.356 e. The fraction of sp³-hybridized carbons (Fsp3) is 0.636. The number of amides is 1. The van der Waals surface area contributed by atoms with Crippen LogP contribution in [0.3, 0.4) is 0 Å². The normalized spacial score (nSPS) is 25.1. The number of rotatable bonds is 4. The second kappa shape index (κ2) is 8.51. The first kappa shape index (κ1) is 19.9. The number of aryl methyl sites for hydroxylation is 2. The number of hydrogen-bond donors (Lipinski definition) is 1. The minimum absolute atomic E-state index is 0.0185. The maximum atomic E-state index is 12.9. The lowest BCUT2D eigenvalue weighted by molar-refractivity contribution is -0.126. The number of carbonyl (C=O) groups excluding carboxylic acids is 1. The number of aromatic nitrogens is 4. The van der Waals surface area contributed by atoms with Crippen molar-refractivity contribution in [1.29, 1.82) is 0 Å². The second-order valence-electron chi connectivity index (χ2n) is 8.74. The summed E-state index contributed by atoms with van der Waals surface area (Å²) in [5.41, 5.74) is 2.01. The number of hydrogen-bond acceptors (Lipinski definition) is 5. The number of nitrogens with one attached hydrogen (secondary N) is 1. The van der Waals surface area contributed by atoms with E-state index in [0.29, 0.717) is 18.5 Å². The van der Waals surface area contributed by atoms with Gasteiger partial charge in [0.05, 0.1) is 11.6 Å². The third-order valence-electron chi connectivity index (χ3n) is 6.42. The average molecular weight is 397 g/mol. The Kier molecular flexibility index (Phi) is 5.83. The molecular formula is C22H32N6O. The quantitative estimate of drug-likeness (QED) is 0.859. The van der Waals surface area contributed by atoms with Gasteiger partial charge in [-0.3, -0.25) is 4.79 Å². The Bertz CT molecular complexity index is 863. The molecule has 7 nitrogen and oxygen atoms in total. The van der Waals surface area contributed by atoms with E-state index in [-0.39, 0.29) is 11.8 Å². The van der Waals surface area contributed by atoms with E-state index < -0.39 is 0 Å². The molecular weight excluding hydrogens is 364 g/mol. The van der Waals surface area contributed by atoms with Gasteiger partial charge in [-0.05, 0) is 51.5 Å². The van der Waals surface area contributed by atoms with Crippen LogP contribution in [0.25, 0.3) is 5.82 Å². The molecule has 2 aromatic rings. The molecule has 2 aliphatic rings.